The molecular weight excluding hydrogens is 232 g/mol. The Bertz CT molecular complexity index is 397. The van der Waals surface area contributed by atoms with Crippen LogP contribution in [0.3, 0.4) is 0 Å². The van der Waals surface area contributed by atoms with Gasteiger partial charge in [0.25, 0.3) is 0 Å². The van der Waals surface area contributed by atoms with E-state index >= 15 is 0 Å². The van der Waals surface area contributed by atoms with Crippen molar-refractivity contribution in [2.24, 2.45) is 0 Å². The van der Waals surface area contributed by atoms with Crippen LogP contribution in [0.5, 0.6) is 0 Å². The summed E-state index contributed by atoms with van der Waals surface area (Å²) in [5, 5.41) is 18.5. The number of likely N-dealkylation sites (tertiary alicyclic amines) is 1. The number of hydrogen-bond donors (Lipinski definition) is 2. The number of amides is 1. The maximum absolute atomic E-state index is 11.6. The van der Waals surface area contributed by atoms with Gasteiger partial charge >= 0.3 is 6.09 Å². The van der Waals surface area contributed by atoms with Crippen molar-refractivity contribution in [3.8, 4) is 6.07 Å². The molecule has 1 fully saturated rings. The van der Waals surface area contributed by atoms with E-state index in [0.717, 1.165) is 6.21 Å². The maximum atomic E-state index is 11.6. The predicted molar refractivity (Wildman–Crippen MR) is 67.2 cm³/mol. The quantitative estimate of drug-likeness (QED) is 0.582. The molecule has 0 radical (unpaired) electrons. The second kappa shape index (κ2) is 5.54. The standard InChI is InChI=1S/C12H18N4O2/c1-12(2,3)18-11(17)16-7-10(8-16)15-6-9(4-13)5-14/h4,6,10,13,15H,7-8H2,1-3H3/b9-6+,13-4?. The molecule has 1 aliphatic heterocycles. The van der Waals surface area contributed by atoms with Crippen molar-refractivity contribution in [1.82, 2.24) is 10.2 Å². The SMILES string of the molecule is CC(C)(C)OC(=O)N1CC(N/C=C(/C#N)C=N)C1. The molecule has 6 heteroatoms. The van der Waals surface area contributed by atoms with Crippen LogP contribution in [0.25, 0.3) is 0 Å². The Kier molecular flexibility index (Phi) is 4.32. The molecule has 1 amide bonds. The van der Waals surface area contributed by atoms with Crippen LogP contribution in [0.1, 0.15) is 20.8 Å². The second-order valence-corrected chi connectivity index (χ2v) is 5.10. The van der Waals surface area contributed by atoms with Crippen molar-refractivity contribution in [3.05, 3.63) is 11.8 Å². The fourth-order valence-electron chi connectivity index (χ4n) is 1.37. The van der Waals surface area contributed by atoms with Crippen LogP contribution in [0.2, 0.25) is 0 Å². The van der Waals surface area contributed by atoms with Crippen LogP contribution >= 0.6 is 0 Å². The number of hydrogen-bond acceptors (Lipinski definition) is 5. The van der Waals surface area contributed by atoms with Crippen molar-refractivity contribution in [2.45, 2.75) is 32.4 Å². The third kappa shape index (κ3) is 4.09. The Morgan fingerprint density at radius 3 is 2.61 bits per heavy atom. The number of nitriles is 1. The van der Waals surface area contributed by atoms with Gasteiger partial charge in [-0.2, -0.15) is 5.26 Å². The van der Waals surface area contributed by atoms with Gasteiger partial charge in [0.2, 0.25) is 0 Å². The van der Waals surface area contributed by atoms with E-state index in [4.69, 9.17) is 15.4 Å². The topological polar surface area (TPSA) is 89.2 Å². The van der Waals surface area contributed by atoms with E-state index in [-0.39, 0.29) is 17.7 Å². The highest BCUT2D eigenvalue weighted by molar-refractivity contribution is 5.80. The Hall–Kier alpha value is -2.03. The van der Waals surface area contributed by atoms with Crippen molar-refractivity contribution in [2.75, 3.05) is 13.1 Å². The van der Waals surface area contributed by atoms with Crippen LogP contribution in [-0.2, 0) is 4.74 Å². The average molecular weight is 250 g/mol. The van der Waals surface area contributed by atoms with Gasteiger partial charge in [-0.25, -0.2) is 4.79 Å². The van der Waals surface area contributed by atoms with E-state index < -0.39 is 5.60 Å². The number of carbonyl (C=O) groups is 1. The van der Waals surface area contributed by atoms with Gasteiger partial charge in [0, 0.05) is 25.5 Å². The molecule has 0 aromatic rings. The molecule has 0 atom stereocenters. The molecule has 0 saturated carbocycles. The lowest BCUT2D eigenvalue weighted by Crippen LogP contribution is -2.59. The van der Waals surface area contributed by atoms with Crippen LogP contribution in [0.15, 0.2) is 11.8 Å². The predicted octanol–water partition coefficient (Wildman–Crippen LogP) is 1.25. The second-order valence-electron chi connectivity index (χ2n) is 5.10. The van der Waals surface area contributed by atoms with Crippen LogP contribution in [0, 0.1) is 16.7 Å². The molecule has 1 saturated heterocycles. The summed E-state index contributed by atoms with van der Waals surface area (Å²) >= 11 is 0. The monoisotopic (exact) mass is 250 g/mol. The summed E-state index contributed by atoms with van der Waals surface area (Å²) in [6.07, 6.45) is 2.15. The van der Waals surface area contributed by atoms with E-state index in [9.17, 15) is 4.79 Å². The van der Waals surface area contributed by atoms with Crippen molar-refractivity contribution in [1.29, 1.82) is 10.7 Å². The molecule has 1 rings (SSSR count). The van der Waals surface area contributed by atoms with Gasteiger partial charge < -0.3 is 20.4 Å². The molecule has 2 N–H and O–H groups in total. The molecule has 0 aromatic carbocycles. The number of ether oxygens (including phenoxy) is 1. The average Bonchev–Trinajstić information content (AvgIpc) is 2.18. The first-order valence-electron chi connectivity index (χ1n) is 5.70. The molecule has 0 bridgehead atoms. The number of allylic oxidation sites excluding steroid dienone is 1. The molecule has 1 heterocycles. The van der Waals surface area contributed by atoms with Gasteiger partial charge in [-0.3, -0.25) is 0 Å². The van der Waals surface area contributed by atoms with Crippen molar-refractivity contribution >= 4 is 12.3 Å². The zero-order chi connectivity index (χ0) is 13.8. The van der Waals surface area contributed by atoms with E-state index in [1.165, 1.54) is 6.20 Å². The van der Waals surface area contributed by atoms with Crippen LogP contribution in [-0.4, -0.2) is 41.9 Å². The molecular formula is C12H18N4O2. The smallest absolute Gasteiger partial charge is 0.410 e. The van der Waals surface area contributed by atoms with Crippen molar-refractivity contribution < 1.29 is 9.53 Å². The molecule has 6 nitrogen and oxygen atoms in total. The third-order valence-corrected chi connectivity index (χ3v) is 2.29. The van der Waals surface area contributed by atoms with Crippen LogP contribution < -0.4 is 5.32 Å². The number of nitrogens with zero attached hydrogens (tertiary/aromatic N) is 2. The molecule has 0 aliphatic carbocycles. The maximum Gasteiger partial charge on any atom is 0.410 e. The fraction of sp³-hybridized carbons (Fsp3) is 0.583. The number of nitrogens with one attached hydrogen (secondary N) is 2. The Balaban J connectivity index is 2.33. The first-order chi connectivity index (χ1) is 8.35. The zero-order valence-corrected chi connectivity index (χ0v) is 10.9. The summed E-state index contributed by atoms with van der Waals surface area (Å²) in [7, 11) is 0. The molecule has 1 aliphatic rings. The summed E-state index contributed by atoms with van der Waals surface area (Å²) in [6.45, 7) is 6.57. The van der Waals surface area contributed by atoms with Gasteiger partial charge in [-0.05, 0) is 20.8 Å². The molecule has 0 spiro atoms. The van der Waals surface area contributed by atoms with Crippen molar-refractivity contribution in [3.63, 3.8) is 0 Å². The first-order valence-corrected chi connectivity index (χ1v) is 5.70. The Labute approximate surface area is 107 Å². The highest BCUT2D eigenvalue weighted by Gasteiger charge is 2.32. The first kappa shape index (κ1) is 14.0. The largest absolute Gasteiger partial charge is 0.444 e. The minimum Gasteiger partial charge on any atom is -0.444 e. The van der Waals surface area contributed by atoms with Crippen LogP contribution in [0.4, 0.5) is 4.79 Å². The highest BCUT2D eigenvalue weighted by Crippen LogP contribution is 2.15. The van der Waals surface area contributed by atoms with Gasteiger partial charge in [0.05, 0.1) is 11.6 Å². The molecule has 0 unspecified atom stereocenters. The number of carbonyl (C=O) groups excluding carboxylic acids is 1. The fourth-order valence-corrected chi connectivity index (χ4v) is 1.37. The molecule has 98 valence electrons. The summed E-state index contributed by atoms with van der Waals surface area (Å²) in [5.41, 5.74) is -0.227. The van der Waals surface area contributed by atoms with Gasteiger partial charge in [-0.1, -0.05) is 0 Å². The van der Waals surface area contributed by atoms with Gasteiger partial charge in [0.15, 0.2) is 0 Å². The summed E-state index contributed by atoms with van der Waals surface area (Å²) < 4.78 is 5.21. The number of rotatable bonds is 3. The highest BCUT2D eigenvalue weighted by atomic mass is 16.6. The minimum absolute atomic E-state index is 0.112. The minimum atomic E-state index is -0.482. The third-order valence-electron chi connectivity index (χ3n) is 2.29. The summed E-state index contributed by atoms with van der Waals surface area (Å²) in [5.74, 6) is 0. The van der Waals surface area contributed by atoms with Gasteiger partial charge in [0.1, 0.15) is 11.7 Å². The Morgan fingerprint density at radius 1 is 1.56 bits per heavy atom. The Morgan fingerprint density at radius 2 is 2.17 bits per heavy atom. The lowest BCUT2D eigenvalue weighted by Gasteiger charge is -2.39. The molecule has 0 aromatic heterocycles. The lowest BCUT2D eigenvalue weighted by molar-refractivity contribution is 0.00660. The van der Waals surface area contributed by atoms with E-state index in [0.29, 0.717) is 13.1 Å². The van der Waals surface area contributed by atoms with E-state index in [1.54, 1.807) is 4.90 Å². The summed E-state index contributed by atoms with van der Waals surface area (Å²) in [6, 6.07) is 1.98. The van der Waals surface area contributed by atoms with E-state index in [1.807, 2.05) is 26.8 Å². The normalized spacial score (nSPS) is 16.6. The van der Waals surface area contributed by atoms with Gasteiger partial charge in [-0.15, -0.1) is 0 Å². The molecule has 18 heavy (non-hydrogen) atoms. The summed E-state index contributed by atoms with van der Waals surface area (Å²) in [4.78, 5) is 13.2. The van der Waals surface area contributed by atoms with E-state index in [2.05, 4.69) is 5.32 Å². The lowest BCUT2D eigenvalue weighted by atomic mass is 10.1. The zero-order valence-electron chi connectivity index (χ0n) is 10.9.